The number of ether oxygens (including phenoxy) is 2. The van der Waals surface area contributed by atoms with E-state index < -0.39 is 11.6 Å². The highest BCUT2D eigenvalue weighted by Crippen LogP contribution is 2.32. The second-order valence-corrected chi connectivity index (χ2v) is 8.16. The summed E-state index contributed by atoms with van der Waals surface area (Å²) in [6, 6.07) is 16.1. The molecule has 0 spiro atoms. The number of hydrogen-bond donors (Lipinski definition) is 2. The number of pyridine rings is 1. The Morgan fingerprint density at radius 2 is 1.77 bits per heavy atom. The third-order valence-corrected chi connectivity index (χ3v) is 5.53. The van der Waals surface area contributed by atoms with Gasteiger partial charge in [-0.2, -0.15) is 0 Å². The van der Waals surface area contributed by atoms with Crippen LogP contribution in [0.15, 0.2) is 65.6 Å². The summed E-state index contributed by atoms with van der Waals surface area (Å²) < 4.78 is 13.3. The molecule has 10 heteroatoms. The molecule has 35 heavy (non-hydrogen) atoms. The van der Waals surface area contributed by atoms with Gasteiger partial charge in [-0.25, -0.2) is 13.9 Å². The van der Waals surface area contributed by atoms with Gasteiger partial charge >= 0.3 is 5.69 Å². The summed E-state index contributed by atoms with van der Waals surface area (Å²) in [6.45, 7) is 2.99. The Kier molecular flexibility index (Phi) is 5.92. The van der Waals surface area contributed by atoms with E-state index in [0.717, 1.165) is 15.8 Å². The Morgan fingerprint density at radius 3 is 2.57 bits per heavy atom. The fourth-order valence-electron chi connectivity index (χ4n) is 3.70. The zero-order valence-electron chi connectivity index (χ0n) is 19.0. The predicted octanol–water partition coefficient (Wildman–Crippen LogP) is 2.14. The lowest BCUT2D eigenvalue weighted by Gasteiger charge is -2.18. The standard InChI is InChI=1S/C25H23N5O5/c1-16-2-4-17(5-3-16)13-26-24(32)18-6-9-22-28-30(25(33)29(22)14-18)15-23(31)27-19-7-8-20-21(12-19)35-11-10-34-20/h2-9,12,14H,10-11,13,15H2,1H3,(H,26,32)(H,27,31). The van der Waals surface area contributed by atoms with Crippen LogP contribution in [0, 0.1) is 6.92 Å². The number of hydrogen-bond acceptors (Lipinski definition) is 6. The van der Waals surface area contributed by atoms with Gasteiger partial charge in [0.15, 0.2) is 17.1 Å². The van der Waals surface area contributed by atoms with Crippen LogP contribution in [0.2, 0.25) is 0 Å². The molecule has 0 fully saturated rings. The van der Waals surface area contributed by atoms with E-state index in [-0.39, 0.29) is 12.5 Å². The van der Waals surface area contributed by atoms with Gasteiger partial charge in [-0.15, -0.1) is 5.10 Å². The molecule has 178 valence electrons. The smallest absolute Gasteiger partial charge is 0.350 e. The van der Waals surface area contributed by atoms with Gasteiger partial charge in [-0.05, 0) is 36.8 Å². The molecule has 4 aromatic rings. The summed E-state index contributed by atoms with van der Waals surface area (Å²) >= 11 is 0. The van der Waals surface area contributed by atoms with Gasteiger partial charge in [-0.3, -0.25) is 9.59 Å². The molecule has 0 radical (unpaired) electrons. The quantitative estimate of drug-likeness (QED) is 0.443. The minimum Gasteiger partial charge on any atom is -0.486 e. The number of carbonyl (C=O) groups excluding carboxylic acids is 2. The third-order valence-electron chi connectivity index (χ3n) is 5.53. The molecule has 1 aliphatic rings. The zero-order valence-corrected chi connectivity index (χ0v) is 19.0. The van der Waals surface area contributed by atoms with E-state index in [4.69, 9.17) is 9.47 Å². The zero-order chi connectivity index (χ0) is 24.4. The fraction of sp³-hybridized carbons (Fsp3) is 0.200. The van der Waals surface area contributed by atoms with Crippen LogP contribution < -0.4 is 25.8 Å². The molecule has 10 nitrogen and oxygen atoms in total. The predicted molar refractivity (Wildman–Crippen MR) is 128 cm³/mol. The van der Waals surface area contributed by atoms with Crippen molar-refractivity contribution in [1.29, 1.82) is 0 Å². The van der Waals surface area contributed by atoms with Crippen molar-refractivity contribution in [2.75, 3.05) is 18.5 Å². The molecule has 2 aromatic carbocycles. The maximum atomic E-state index is 12.8. The molecule has 2 aromatic heterocycles. The number of nitrogens with zero attached hydrogens (tertiary/aromatic N) is 3. The molecule has 2 amide bonds. The van der Waals surface area contributed by atoms with Gasteiger partial charge in [0.25, 0.3) is 5.91 Å². The molecule has 0 saturated heterocycles. The number of benzene rings is 2. The van der Waals surface area contributed by atoms with Crippen LogP contribution in [0.3, 0.4) is 0 Å². The van der Waals surface area contributed by atoms with Crippen LogP contribution in [0.1, 0.15) is 21.5 Å². The first-order chi connectivity index (χ1) is 17.0. The highest BCUT2D eigenvalue weighted by molar-refractivity contribution is 5.94. The molecule has 2 N–H and O–H groups in total. The summed E-state index contributed by atoms with van der Waals surface area (Å²) in [5.74, 6) is 0.420. The highest BCUT2D eigenvalue weighted by Gasteiger charge is 2.16. The molecule has 5 rings (SSSR count). The molecular weight excluding hydrogens is 450 g/mol. The normalized spacial score (nSPS) is 12.4. The third kappa shape index (κ3) is 4.86. The monoisotopic (exact) mass is 473 g/mol. The summed E-state index contributed by atoms with van der Waals surface area (Å²) in [4.78, 5) is 37.9. The van der Waals surface area contributed by atoms with E-state index in [2.05, 4.69) is 15.7 Å². The van der Waals surface area contributed by atoms with Gasteiger partial charge in [0.05, 0.1) is 5.56 Å². The number of anilines is 1. The van der Waals surface area contributed by atoms with E-state index in [9.17, 15) is 14.4 Å². The van der Waals surface area contributed by atoms with Gasteiger partial charge in [0, 0.05) is 24.5 Å². The summed E-state index contributed by atoms with van der Waals surface area (Å²) in [5.41, 5.74) is 2.75. The van der Waals surface area contributed by atoms with Crippen molar-refractivity contribution < 1.29 is 19.1 Å². The molecule has 0 saturated carbocycles. The number of aryl methyl sites for hydroxylation is 1. The Labute approximate surface area is 200 Å². The number of amides is 2. The Bertz CT molecular complexity index is 1470. The Morgan fingerprint density at radius 1 is 1.00 bits per heavy atom. The van der Waals surface area contributed by atoms with Crippen molar-refractivity contribution in [3.63, 3.8) is 0 Å². The average molecular weight is 473 g/mol. The lowest BCUT2D eigenvalue weighted by molar-refractivity contribution is -0.117. The van der Waals surface area contributed by atoms with Crippen molar-refractivity contribution in [2.45, 2.75) is 20.0 Å². The largest absolute Gasteiger partial charge is 0.486 e. The van der Waals surface area contributed by atoms with Crippen LogP contribution in [0.25, 0.3) is 5.65 Å². The van der Waals surface area contributed by atoms with E-state index in [1.165, 1.54) is 10.6 Å². The molecule has 0 aliphatic carbocycles. The number of aromatic nitrogens is 3. The molecule has 3 heterocycles. The first-order valence-electron chi connectivity index (χ1n) is 11.1. The molecule has 0 unspecified atom stereocenters. The van der Waals surface area contributed by atoms with Crippen LogP contribution in [0.5, 0.6) is 11.5 Å². The van der Waals surface area contributed by atoms with Crippen LogP contribution in [0.4, 0.5) is 5.69 Å². The second kappa shape index (κ2) is 9.34. The lowest BCUT2D eigenvalue weighted by Crippen LogP contribution is -2.28. The number of fused-ring (bicyclic) bond motifs is 2. The van der Waals surface area contributed by atoms with Crippen LogP contribution in [-0.2, 0) is 17.9 Å². The van der Waals surface area contributed by atoms with Crippen LogP contribution >= 0.6 is 0 Å². The maximum Gasteiger partial charge on any atom is 0.350 e. The molecule has 0 bridgehead atoms. The van der Waals surface area contributed by atoms with Crippen molar-refractivity contribution in [3.05, 3.63) is 88.0 Å². The molecular formula is C25H23N5O5. The second-order valence-electron chi connectivity index (χ2n) is 8.16. The summed E-state index contributed by atoms with van der Waals surface area (Å²) in [7, 11) is 0. The summed E-state index contributed by atoms with van der Waals surface area (Å²) in [6.07, 6.45) is 1.42. The maximum absolute atomic E-state index is 12.8. The number of carbonyl (C=O) groups is 2. The first kappa shape index (κ1) is 22.2. The van der Waals surface area contributed by atoms with Gasteiger partial charge in [-0.1, -0.05) is 29.8 Å². The van der Waals surface area contributed by atoms with Gasteiger partial charge in [0.1, 0.15) is 19.8 Å². The van der Waals surface area contributed by atoms with E-state index in [1.54, 1.807) is 30.3 Å². The van der Waals surface area contributed by atoms with E-state index >= 15 is 0 Å². The van der Waals surface area contributed by atoms with Crippen molar-refractivity contribution in [3.8, 4) is 11.5 Å². The average Bonchev–Trinajstić information content (AvgIpc) is 3.17. The first-order valence-corrected chi connectivity index (χ1v) is 11.1. The minimum absolute atomic E-state index is 0.288. The van der Waals surface area contributed by atoms with E-state index in [1.807, 2.05) is 31.2 Å². The topological polar surface area (TPSA) is 116 Å². The van der Waals surface area contributed by atoms with Gasteiger partial charge in [0.2, 0.25) is 5.91 Å². The lowest BCUT2D eigenvalue weighted by atomic mass is 10.1. The Balaban J connectivity index is 1.26. The number of nitrogens with one attached hydrogen (secondary N) is 2. The molecule has 0 atom stereocenters. The SMILES string of the molecule is Cc1ccc(CNC(=O)c2ccc3nn(CC(=O)Nc4ccc5c(c4)OCCO5)c(=O)n3c2)cc1. The fourth-order valence-corrected chi connectivity index (χ4v) is 3.70. The number of rotatable bonds is 6. The summed E-state index contributed by atoms with van der Waals surface area (Å²) in [5, 5.41) is 9.77. The Hall–Kier alpha value is -4.60. The van der Waals surface area contributed by atoms with E-state index in [0.29, 0.717) is 48.2 Å². The minimum atomic E-state index is -0.523. The van der Waals surface area contributed by atoms with Crippen molar-refractivity contribution >= 4 is 23.1 Å². The molecule has 1 aliphatic heterocycles. The van der Waals surface area contributed by atoms with Crippen molar-refractivity contribution in [1.82, 2.24) is 19.5 Å². The van der Waals surface area contributed by atoms with Gasteiger partial charge < -0.3 is 20.1 Å². The van der Waals surface area contributed by atoms with Crippen LogP contribution in [-0.4, -0.2) is 39.2 Å². The van der Waals surface area contributed by atoms with Crippen molar-refractivity contribution in [2.24, 2.45) is 0 Å². The highest BCUT2D eigenvalue weighted by atomic mass is 16.6.